The predicted molar refractivity (Wildman–Crippen MR) is 66.3 cm³/mol. The Balaban J connectivity index is 2.35. The van der Waals surface area contributed by atoms with Crippen LogP contribution in [0.15, 0.2) is 12.1 Å². The predicted octanol–water partition coefficient (Wildman–Crippen LogP) is 2.89. The molecule has 1 aliphatic rings. The van der Waals surface area contributed by atoms with Crippen molar-refractivity contribution in [2.24, 2.45) is 5.73 Å². The third-order valence-corrected chi connectivity index (χ3v) is 4.20. The Morgan fingerprint density at radius 1 is 1.16 bits per heavy atom. The summed E-state index contributed by atoms with van der Waals surface area (Å²) >= 11 is 0. The first-order chi connectivity index (χ1) is 9.02. The summed E-state index contributed by atoms with van der Waals surface area (Å²) in [4.78, 5) is 0. The minimum atomic E-state index is -1.17. The summed E-state index contributed by atoms with van der Waals surface area (Å²) in [6.45, 7) is 0.214. The number of ether oxygens (including phenoxy) is 1. The lowest BCUT2D eigenvalue weighted by Gasteiger charge is -2.39. The third kappa shape index (κ3) is 2.62. The van der Waals surface area contributed by atoms with E-state index in [0.29, 0.717) is 18.9 Å². The van der Waals surface area contributed by atoms with E-state index in [4.69, 9.17) is 10.5 Å². The van der Waals surface area contributed by atoms with Gasteiger partial charge in [0.05, 0.1) is 6.10 Å². The van der Waals surface area contributed by atoms with Gasteiger partial charge in [0.1, 0.15) is 5.82 Å². The quantitative estimate of drug-likeness (QED) is 0.859. The lowest BCUT2D eigenvalue weighted by Crippen LogP contribution is -2.41. The van der Waals surface area contributed by atoms with Gasteiger partial charge in [0.25, 0.3) is 0 Å². The van der Waals surface area contributed by atoms with Crippen molar-refractivity contribution in [2.75, 3.05) is 13.7 Å². The third-order valence-electron chi connectivity index (χ3n) is 4.20. The zero-order valence-electron chi connectivity index (χ0n) is 10.9. The van der Waals surface area contributed by atoms with Crippen molar-refractivity contribution in [3.8, 4) is 0 Å². The van der Waals surface area contributed by atoms with Gasteiger partial charge in [0, 0.05) is 25.1 Å². The second kappa shape index (κ2) is 5.51. The molecule has 2 nitrogen and oxygen atoms in total. The number of halogens is 3. The number of benzene rings is 1. The molecular formula is C14H18F3NO. The van der Waals surface area contributed by atoms with Gasteiger partial charge in [-0.15, -0.1) is 0 Å². The summed E-state index contributed by atoms with van der Waals surface area (Å²) in [7, 11) is 1.64. The van der Waals surface area contributed by atoms with E-state index in [2.05, 4.69) is 0 Å². The molecule has 5 heteroatoms. The molecular weight excluding hydrogens is 255 g/mol. The Bertz CT molecular complexity index is 456. The summed E-state index contributed by atoms with van der Waals surface area (Å²) in [5, 5.41) is 0. The van der Waals surface area contributed by atoms with Gasteiger partial charge >= 0.3 is 0 Å². The second-order valence-corrected chi connectivity index (χ2v) is 5.17. The number of hydrogen-bond acceptors (Lipinski definition) is 2. The minimum Gasteiger partial charge on any atom is -0.381 e. The summed E-state index contributed by atoms with van der Waals surface area (Å²) < 4.78 is 45.6. The van der Waals surface area contributed by atoms with Gasteiger partial charge in [-0.1, -0.05) is 0 Å². The molecule has 0 unspecified atom stereocenters. The van der Waals surface area contributed by atoms with Crippen LogP contribution >= 0.6 is 0 Å². The van der Waals surface area contributed by atoms with Gasteiger partial charge in [-0.05, 0) is 37.3 Å². The van der Waals surface area contributed by atoms with E-state index in [1.807, 2.05) is 0 Å². The lowest BCUT2D eigenvalue weighted by atomic mass is 9.68. The van der Waals surface area contributed by atoms with Gasteiger partial charge < -0.3 is 10.5 Å². The van der Waals surface area contributed by atoms with E-state index in [1.165, 1.54) is 0 Å². The van der Waals surface area contributed by atoms with Crippen LogP contribution in [0.5, 0.6) is 0 Å². The van der Waals surface area contributed by atoms with Gasteiger partial charge in [-0.2, -0.15) is 0 Å². The largest absolute Gasteiger partial charge is 0.381 e. The van der Waals surface area contributed by atoms with Crippen molar-refractivity contribution in [2.45, 2.75) is 37.2 Å². The normalized spacial score (nSPS) is 27.5. The fourth-order valence-corrected chi connectivity index (χ4v) is 2.89. The number of hydrogen-bond donors (Lipinski definition) is 1. The van der Waals surface area contributed by atoms with Crippen molar-refractivity contribution in [1.29, 1.82) is 0 Å². The molecule has 0 saturated heterocycles. The van der Waals surface area contributed by atoms with Crippen LogP contribution < -0.4 is 5.73 Å². The number of nitrogens with two attached hydrogens (primary N) is 1. The van der Waals surface area contributed by atoms with Crippen molar-refractivity contribution in [3.05, 3.63) is 35.1 Å². The molecule has 2 N–H and O–H groups in total. The molecule has 1 saturated carbocycles. The van der Waals surface area contributed by atoms with Gasteiger partial charge in [-0.3, -0.25) is 0 Å². The van der Waals surface area contributed by atoms with Crippen LogP contribution in [0.1, 0.15) is 31.2 Å². The van der Waals surface area contributed by atoms with E-state index >= 15 is 0 Å². The Hall–Kier alpha value is -1.07. The Morgan fingerprint density at radius 2 is 1.74 bits per heavy atom. The Morgan fingerprint density at radius 3 is 2.26 bits per heavy atom. The highest BCUT2D eigenvalue weighted by Crippen LogP contribution is 2.41. The van der Waals surface area contributed by atoms with Crippen LogP contribution in [0.25, 0.3) is 0 Å². The maximum Gasteiger partial charge on any atom is 0.161 e. The molecule has 0 spiro atoms. The fourth-order valence-electron chi connectivity index (χ4n) is 2.89. The van der Waals surface area contributed by atoms with Gasteiger partial charge in [-0.25, -0.2) is 13.2 Å². The van der Waals surface area contributed by atoms with E-state index in [-0.39, 0.29) is 18.2 Å². The fraction of sp³-hybridized carbons (Fsp3) is 0.571. The molecule has 1 aromatic rings. The smallest absolute Gasteiger partial charge is 0.161 e. The monoisotopic (exact) mass is 273 g/mol. The SMILES string of the molecule is COC1CCC(CN)(c2cc(F)c(F)cc2F)CC1. The van der Waals surface area contributed by atoms with Gasteiger partial charge in [0.2, 0.25) is 0 Å². The molecule has 2 rings (SSSR count). The van der Waals surface area contributed by atoms with Crippen LogP contribution in [0, 0.1) is 17.5 Å². The summed E-state index contributed by atoms with van der Waals surface area (Å²) in [6.07, 6.45) is 2.85. The van der Waals surface area contributed by atoms with Crippen LogP contribution in [-0.4, -0.2) is 19.8 Å². The van der Waals surface area contributed by atoms with Crippen molar-refractivity contribution < 1.29 is 17.9 Å². The summed E-state index contributed by atoms with van der Waals surface area (Å²) in [5.74, 6) is -2.92. The van der Waals surface area contributed by atoms with Crippen LogP contribution in [0.3, 0.4) is 0 Å². The molecule has 0 atom stereocenters. The molecule has 0 amide bonds. The van der Waals surface area contributed by atoms with Crippen LogP contribution in [0.4, 0.5) is 13.2 Å². The Kier molecular flexibility index (Phi) is 4.16. The lowest BCUT2D eigenvalue weighted by molar-refractivity contribution is 0.0490. The zero-order valence-corrected chi connectivity index (χ0v) is 10.9. The van der Waals surface area contributed by atoms with E-state index in [9.17, 15) is 13.2 Å². The van der Waals surface area contributed by atoms with Gasteiger partial charge in [0.15, 0.2) is 11.6 Å². The maximum atomic E-state index is 13.9. The van der Waals surface area contributed by atoms with Crippen LogP contribution in [-0.2, 0) is 10.2 Å². The topological polar surface area (TPSA) is 35.2 Å². The standard InChI is InChI=1S/C14H18F3NO/c1-19-9-2-4-14(8-18,5-3-9)10-6-12(16)13(17)7-11(10)15/h6-7,9H,2-5,8,18H2,1H3. The molecule has 0 radical (unpaired) electrons. The van der Waals surface area contributed by atoms with E-state index in [0.717, 1.165) is 18.9 Å². The highest BCUT2D eigenvalue weighted by molar-refractivity contribution is 5.30. The van der Waals surface area contributed by atoms with Crippen LogP contribution in [0.2, 0.25) is 0 Å². The first-order valence-electron chi connectivity index (χ1n) is 6.40. The molecule has 1 aliphatic carbocycles. The molecule has 1 fully saturated rings. The molecule has 0 aliphatic heterocycles. The second-order valence-electron chi connectivity index (χ2n) is 5.17. The maximum absolute atomic E-state index is 13.9. The summed E-state index contributed by atoms with van der Waals surface area (Å²) in [5.41, 5.74) is 5.36. The molecule has 0 bridgehead atoms. The highest BCUT2D eigenvalue weighted by Gasteiger charge is 2.38. The minimum absolute atomic E-state index is 0.132. The summed E-state index contributed by atoms with van der Waals surface area (Å²) in [6, 6.07) is 1.55. The molecule has 0 aromatic heterocycles. The molecule has 106 valence electrons. The number of rotatable bonds is 3. The first kappa shape index (κ1) is 14.3. The Labute approximate surface area is 110 Å². The average molecular weight is 273 g/mol. The molecule has 0 heterocycles. The first-order valence-corrected chi connectivity index (χ1v) is 6.40. The average Bonchev–Trinajstić information content (AvgIpc) is 2.43. The van der Waals surface area contributed by atoms with E-state index < -0.39 is 22.9 Å². The highest BCUT2D eigenvalue weighted by atomic mass is 19.2. The number of methoxy groups -OCH3 is 1. The molecule has 1 aromatic carbocycles. The zero-order chi connectivity index (χ0) is 14.0. The van der Waals surface area contributed by atoms with Crippen molar-refractivity contribution in [3.63, 3.8) is 0 Å². The molecule has 19 heavy (non-hydrogen) atoms. The van der Waals surface area contributed by atoms with E-state index in [1.54, 1.807) is 7.11 Å². The van der Waals surface area contributed by atoms with Crippen molar-refractivity contribution >= 4 is 0 Å². The van der Waals surface area contributed by atoms with Crippen molar-refractivity contribution in [1.82, 2.24) is 0 Å².